The molecule has 1 aromatic carbocycles. The van der Waals surface area contributed by atoms with E-state index < -0.39 is 0 Å². The zero-order valence-corrected chi connectivity index (χ0v) is 10.6. The molecule has 0 aliphatic heterocycles. The first-order valence-corrected chi connectivity index (χ1v) is 5.99. The van der Waals surface area contributed by atoms with Gasteiger partial charge in [-0.25, -0.2) is 4.98 Å². The van der Waals surface area contributed by atoms with Gasteiger partial charge in [0.05, 0.1) is 23.8 Å². The van der Waals surface area contributed by atoms with Crippen molar-refractivity contribution in [3.63, 3.8) is 0 Å². The molecule has 17 heavy (non-hydrogen) atoms. The van der Waals surface area contributed by atoms with Crippen molar-refractivity contribution in [1.82, 2.24) is 4.98 Å². The number of para-hydroxylation sites is 1. The minimum absolute atomic E-state index is 0.538. The molecule has 2 aromatic rings. The van der Waals surface area contributed by atoms with Crippen molar-refractivity contribution in [3.05, 3.63) is 29.3 Å². The number of fused-ring (bicyclic) bond motifs is 1. The highest BCUT2D eigenvalue weighted by atomic mass is 35.5. The van der Waals surface area contributed by atoms with Crippen molar-refractivity contribution in [2.75, 3.05) is 13.2 Å². The van der Waals surface area contributed by atoms with Crippen LogP contribution in [-0.2, 0) is 0 Å². The third-order valence-corrected chi connectivity index (χ3v) is 2.63. The molecule has 0 spiro atoms. The molecule has 2 rings (SSSR count). The van der Waals surface area contributed by atoms with Gasteiger partial charge in [-0.15, -0.1) is 0 Å². The van der Waals surface area contributed by atoms with E-state index in [0.717, 1.165) is 11.1 Å². The second kappa shape index (κ2) is 5.23. The van der Waals surface area contributed by atoms with Crippen LogP contribution >= 0.6 is 11.6 Å². The number of halogens is 1. The molecule has 4 heteroatoms. The average molecular weight is 252 g/mol. The van der Waals surface area contributed by atoms with Gasteiger partial charge in [-0.2, -0.15) is 0 Å². The van der Waals surface area contributed by atoms with Crippen molar-refractivity contribution in [3.8, 4) is 11.6 Å². The maximum atomic E-state index is 6.13. The topological polar surface area (TPSA) is 31.4 Å². The first kappa shape index (κ1) is 12.0. The molecule has 90 valence electrons. The van der Waals surface area contributed by atoms with E-state index in [9.17, 15) is 0 Å². The van der Waals surface area contributed by atoms with E-state index in [0.29, 0.717) is 29.6 Å². The highest BCUT2D eigenvalue weighted by Gasteiger charge is 2.09. The molecule has 0 aliphatic carbocycles. The maximum Gasteiger partial charge on any atom is 0.217 e. The average Bonchev–Trinajstić information content (AvgIpc) is 2.31. The van der Waals surface area contributed by atoms with Crippen LogP contribution in [0.25, 0.3) is 10.9 Å². The predicted molar refractivity (Wildman–Crippen MR) is 69.1 cm³/mol. The van der Waals surface area contributed by atoms with E-state index in [1.807, 2.05) is 32.0 Å². The molecule has 0 amide bonds. The van der Waals surface area contributed by atoms with E-state index in [-0.39, 0.29) is 0 Å². The number of rotatable bonds is 4. The SMILES string of the molecule is CCOc1cc(OCC)c2cccc(Cl)c2n1. The quantitative estimate of drug-likeness (QED) is 0.831. The number of benzene rings is 1. The van der Waals surface area contributed by atoms with Crippen LogP contribution in [0.1, 0.15) is 13.8 Å². The first-order chi connectivity index (χ1) is 8.26. The number of hydrogen-bond acceptors (Lipinski definition) is 3. The fourth-order valence-electron chi connectivity index (χ4n) is 1.66. The van der Waals surface area contributed by atoms with Crippen LogP contribution in [0.5, 0.6) is 11.6 Å². The minimum Gasteiger partial charge on any atom is -0.493 e. The summed E-state index contributed by atoms with van der Waals surface area (Å²) in [7, 11) is 0. The molecule has 0 aliphatic rings. The van der Waals surface area contributed by atoms with Crippen LogP contribution < -0.4 is 9.47 Å². The largest absolute Gasteiger partial charge is 0.493 e. The molecule has 0 N–H and O–H groups in total. The molecular weight excluding hydrogens is 238 g/mol. The van der Waals surface area contributed by atoms with Crippen molar-refractivity contribution >= 4 is 22.5 Å². The van der Waals surface area contributed by atoms with Crippen molar-refractivity contribution in [2.24, 2.45) is 0 Å². The van der Waals surface area contributed by atoms with E-state index >= 15 is 0 Å². The zero-order chi connectivity index (χ0) is 12.3. The van der Waals surface area contributed by atoms with Gasteiger partial charge in [0.25, 0.3) is 0 Å². The number of aromatic nitrogens is 1. The van der Waals surface area contributed by atoms with Crippen LogP contribution in [0, 0.1) is 0 Å². The molecule has 0 bridgehead atoms. The number of nitrogens with zero attached hydrogens (tertiary/aromatic N) is 1. The molecule has 0 fully saturated rings. The summed E-state index contributed by atoms with van der Waals surface area (Å²) in [6.45, 7) is 5.02. The molecule has 0 unspecified atom stereocenters. The summed E-state index contributed by atoms with van der Waals surface area (Å²) in [5.41, 5.74) is 0.712. The highest BCUT2D eigenvalue weighted by molar-refractivity contribution is 6.35. The van der Waals surface area contributed by atoms with E-state index in [1.54, 1.807) is 6.07 Å². The monoisotopic (exact) mass is 251 g/mol. The summed E-state index contributed by atoms with van der Waals surface area (Å²) in [4.78, 5) is 4.37. The summed E-state index contributed by atoms with van der Waals surface area (Å²) in [6, 6.07) is 7.43. The molecule has 1 heterocycles. The Morgan fingerprint density at radius 2 is 1.94 bits per heavy atom. The Kier molecular flexibility index (Phi) is 3.69. The summed E-state index contributed by atoms with van der Waals surface area (Å²) >= 11 is 6.13. The van der Waals surface area contributed by atoms with Crippen LogP contribution in [0.3, 0.4) is 0 Å². The summed E-state index contributed by atoms with van der Waals surface area (Å²) in [5.74, 6) is 1.29. The lowest BCUT2D eigenvalue weighted by Crippen LogP contribution is -1.98. The Morgan fingerprint density at radius 1 is 1.18 bits per heavy atom. The smallest absolute Gasteiger partial charge is 0.217 e. The lowest BCUT2D eigenvalue weighted by molar-refractivity contribution is 0.317. The normalized spacial score (nSPS) is 10.5. The van der Waals surface area contributed by atoms with Crippen molar-refractivity contribution < 1.29 is 9.47 Å². The molecular formula is C13H14ClNO2. The first-order valence-electron chi connectivity index (χ1n) is 5.61. The van der Waals surface area contributed by atoms with E-state index in [4.69, 9.17) is 21.1 Å². The Labute approximate surface area is 105 Å². The van der Waals surface area contributed by atoms with Gasteiger partial charge in [0, 0.05) is 11.5 Å². The molecule has 1 aromatic heterocycles. The predicted octanol–water partition coefficient (Wildman–Crippen LogP) is 3.69. The maximum absolute atomic E-state index is 6.13. The number of pyridine rings is 1. The highest BCUT2D eigenvalue weighted by Crippen LogP contribution is 2.32. The second-order valence-corrected chi connectivity index (χ2v) is 3.87. The van der Waals surface area contributed by atoms with Gasteiger partial charge in [0.1, 0.15) is 5.75 Å². The molecule has 3 nitrogen and oxygen atoms in total. The number of ether oxygens (including phenoxy) is 2. The number of hydrogen-bond donors (Lipinski definition) is 0. The molecule has 0 saturated heterocycles. The fraction of sp³-hybridized carbons (Fsp3) is 0.308. The van der Waals surface area contributed by atoms with Gasteiger partial charge >= 0.3 is 0 Å². The van der Waals surface area contributed by atoms with Crippen LogP contribution in [-0.4, -0.2) is 18.2 Å². The van der Waals surface area contributed by atoms with Crippen molar-refractivity contribution in [2.45, 2.75) is 13.8 Å². The van der Waals surface area contributed by atoms with Crippen molar-refractivity contribution in [1.29, 1.82) is 0 Å². The van der Waals surface area contributed by atoms with Gasteiger partial charge < -0.3 is 9.47 Å². The van der Waals surface area contributed by atoms with Gasteiger partial charge in [0.2, 0.25) is 5.88 Å². The third kappa shape index (κ3) is 2.44. The summed E-state index contributed by atoms with van der Waals surface area (Å²) in [6.07, 6.45) is 0. The lowest BCUT2D eigenvalue weighted by Gasteiger charge is -2.10. The van der Waals surface area contributed by atoms with Gasteiger partial charge in [0.15, 0.2) is 0 Å². The molecule has 0 radical (unpaired) electrons. The zero-order valence-electron chi connectivity index (χ0n) is 9.87. The standard InChI is InChI=1S/C13H14ClNO2/c1-3-16-11-8-12(17-4-2)15-13-9(11)6-5-7-10(13)14/h5-8H,3-4H2,1-2H3. The second-order valence-electron chi connectivity index (χ2n) is 3.46. The Balaban J connectivity index is 2.63. The third-order valence-electron chi connectivity index (χ3n) is 2.32. The Bertz CT molecular complexity index is 528. The van der Waals surface area contributed by atoms with Gasteiger partial charge in [-0.1, -0.05) is 17.7 Å². The van der Waals surface area contributed by atoms with Crippen LogP contribution in [0.2, 0.25) is 5.02 Å². The molecule has 0 saturated carbocycles. The van der Waals surface area contributed by atoms with E-state index in [1.165, 1.54) is 0 Å². The Morgan fingerprint density at radius 3 is 2.65 bits per heavy atom. The lowest BCUT2D eigenvalue weighted by atomic mass is 10.2. The van der Waals surface area contributed by atoms with E-state index in [2.05, 4.69) is 4.98 Å². The van der Waals surface area contributed by atoms with Crippen LogP contribution in [0.4, 0.5) is 0 Å². The van der Waals surface area contributed by atoms with Gasteiger partial charge in [-0.05, 0) is 26.0 Å². The fourth-order valence-corrected chi connectivity index (χ4v) is 1.87. The summed E-state index contributed by atoms with van der Waals surface area (Å²) in [5, 5.41) is 1.51. The molecule has 0 atom stereocenters. The minimum atomic E-state index is 0.538. The van der Waals surface area contributed by atoms with Crippen LogP contribution in [0.15, 0.2) is 24.3 Å². The summed E-state index contributed by atoms with van der Waals surface area (Å²) < 4.78 is 11.0. The Hall–Kier alpha value is -1.48. The van der Waals surface area contributed by atoms with Gasteiger partial charge in [-0.3, -0.25) is 0 Å².